The maximum Gasteiger partial charge on any atom is 0.252 e. The quantitative estimate of drug-likeness (QED) is 0.706. The second kappa shape index (κ2) is 7.09. The second-order valence-electron chi connectivity index (χ2n) is 6.24. The molecule has 0 bridgehead atoms. The largest absolute Gasteiger partial charge is 0.368 e. The monoisotopic (exact) mass is 342 g/mol. The third-order valence-electron chi connectivity index (χ3n) is 4.58. The van der Waals surface area contributed by atoms with E-state index in [1.807, 2.05) is 50.2 Å². The first-order chi connectivity index (χ1) is 11.3. The van der Waals surface area contributed by atoms with Crippen LogP contribution in [0, 0.1) is 0 Å². The van der Waals surface area contributed by atoms with Crippen LogP contribution in [0.4, 0.5) is 0 Å². The van der Waals surface area contributed by atoms with Crippen LogP contribution in [0.5, 0.6) is 0 Å². The van der Waals surface area contributed by atoms with Crippen molar-refractivity contribution in [1.29, 1.82) is 0 Å². The Kier molecular flexibility index (Phi) is 5.34. The van der Waals surface area contributed by atoms with E-state index in [2.05, 4.69) is 17.9 Å². The van der Waals surface area contributed by atoms with Crippen molar-refractivity contribution in [2.45, 2.75) is 24.8 Å². The summed E-state index contributed by atoms with van der Waals surface area (Å²) in [5.74, 6) is -0.883. The number of hydrogen-bond acceptors (Lipinski definition) is 3. The molecule has 1 atom stereocenters. The van der Waals surface area contributed by atoms with Gasteiger partial charge in [0.25, 0.3) is 5.91 Å². The van der Waals surface area contributed by atoms with Crippen molar-refractivity contribution in [2.75, 3.05) is 5.75 Å². The average molecular weight is 342 g/mol. The highest BCUT2D eigenvalue weighted by atomic mass is 32.1. The minimum absolute atomic E-state index is 0.0861. The number of carbonyl (C=O) groups excluding carboxylic acids is 2. The van der Waals surface area contributed by atoms with Crippen LogP contribution in [0.2, 0.25) is 0 Å². The van der Waals surface area contributed by atoms with Gasteiger partial charge >= 0.3 is 0 Å². The molecule has 0 aromatic heterocycles. The summed E-state index contributed by atoms with van der Waals surface area (Å²) < 4.78 is 0. The second-order valence-corrected chi connectivity index (χ2v) is 6.56. The number of benzene rings is 2. The maximum absolute atomic E-state index is 12.6. The molecule has 0 saturated heterocycles. The third kappa shape index (κ3) is 3.17. The summed E-state index contributed by atoms with van der Waals surface area (Å²) in [6, 6.07) is 18.2. The zero-order chi connectivity index (χ0) is 17.8. The van der Waals surface area contributed by atoms with E-state index in [-0.39, 0.29) is 11.7 Å². The fourth-order valence-electron chi connectivity index (χ4n) is 2.80. The van der Waals surface area contributed by atoms with E-state index in [1.165, 1.54) is 0 Å². The Bertz CT molecular complexity index is 717. The highest BCUT2D eigenvalue weighted by Crippen LogP contribution is 2.36. The molecule has 1 unspecified atom stereocenters. The molecule has 2 rings (SSSR count). The number of carbonyl (C=O) groups is 2. The van der Waals surface area contributed by atoms with Gasteiger partial charge in [0, 0.05) is 16.7 Å². The maximum atomic E-state index is 12.6. The Morgan fingerprint density at radius 2 is 1.50 bits per heavy atom. The highest BCUT2D eigenvalue weighted by Gasteiger charge is 2.51. The fraction of sp³-hybridized carbons (Fsp3) is 0.263. The number of amides is 2. The van der Waals surface area contributed by atoms with Gasteiger partial charge in [0.05, 0.1) is 0 Å². The molecule has 0 aliphatic rings. The van der Waals surface area contributed by atoms with Crippen LogP contribution in [0.25, 0.3) is 0 Å². The Labute approximate surface area is 147 Å². The molecule has 24 heavy (non-hydrogen) atoms. The third-order valence-corrected chi connectivity index (χ3v) is 5.06. The van der Waals surface area contributed by atoms with Crippen molar-refractivity contribution < 1.29 is 9.59 Å². The van der Waals surface area contributed by atoms with E-state index in [0.717, 1.165) is 5.56 Å². The predicted molar refractivity (Wildman–Crippen MR) is 99.2 cm³/mol. The SMILES string of the molecule is CC(C)(c1ccccc1)C(CS)(NC(=O)c1ccccc1)C(N)=O. The van der Waals surface area contributed by atoms with Crippen LogP contribution in [-0.2, 0) is 10.2 Å². The predicted octanol–water partition coefficient (Wildman–Crippen LogP) is 2.55. The molecule has 2 aromatic carbocycles. The van der Waals surface area contributed by atoms with Gasteiger partial charge in [-0.25, -0.2) is 0 Å². The van der Waals surface area contributed by atoms with Crippen molar-refractivity contribution in [2.24, 2.45) is 5.73 Å². The number of primary amides is 1. The van der Waals surface area contributed by atoms with E-state index < -0.39 is 16.9 Å². The summed E-state index contributed by atoms with van der Waals surface area (Å²) in [5.41, 5.74) is 5.02. The molecular weight excluding hydrogens is 320 g/mol. The van der Waals surface area contributed by atoms with E-state index in [4.69, 9.17) is 5.73 Å². The Hall–Kier alpha value is -2.27. The minimum Gasteiger partial charge on any atom is -0.368 e. The van der Waals surface area contributed by atoms with E-state index in [0.29, 0.717) is 5.56 Å². The van der Waals surface area contributed by atoms with Gasteiger partial charge in [-0.1, -0.05) is 62.4 Å². The lowest BCUT2D eigenvalue weighted by Gasteiger charge is -2.44. The van der Waals surface area contributed by atoms with Crippen LogP contribution in [-0.4, -0.2) is 23.1 Å². The van der Waals surface area contributed by atoms with E-state index in [1.54, 1.807) is 24.3 Å². The molecule has 0 heterocycles. The highest BCUT2D eigenvalue weighted by molar-refractivity contribution is 7.80. The van der Waals surface area contributed by atoms with Crippen LogP contribution >= 0.6 is 12.6 Å². The summed E-state index contributed by atoms with van der Waals surface area (Å²) in [7, 11) is 0. The van der Waals surface area contributed by atoms with E-state index in [9.17, 15) is 9.59 Å². The molecule has 0 aliphatic heterocycles. The normalized spacial score (nSPS) is 13.8. The van der Waals surface area contributed by atoms with Crippen molar-refractivity contribution in [3.05, 3.63) is 71.8 Å². The fourth-order valence-corrected chi connectivity index (χ4v) is 3.43. The van der Waals surface area contributed by atoms with Crippen molar-refractivity contribution in [1.82, 2.24) is 5.32 Å². The van der Waals surface area contributed by atoms with Crippen molar-refractivity contribution in [3.8, 4) is 0 Å². The van der Waals surface area contributed by atoms with Crippen molar-refractivity contribution in [3.63, 3.8) is 0 Å². The number of nitrogens with one attached hydrogen (secondary N) is 1. The Morgan fingerprint density at radius 1 is 1.00 bits per heavy atom. The molecule has 0 fully saturated rings. The molecular formula is C19H22N2O2S. The topological polar surface area (TPSA) is 72.2 Å². The first kappa shape index (κ1) is 18.1. The lowest BCUT2D eigenvalue weighted by atomic mass is 9.68. The number of nitrogens with two attached hydrogens (primary N) is 1. The molecule has 126 valence electrons. The Morgan fingerprint density at radius 3 is 1.96 bits per heavy atom. The van der Waals surface area contributed by atoms with Crippen LogP contribution in [0.3, 0.4) is 0 Å². The first-order valence-corrected chi connectivity index (χ1v) is 8.32. The summed E-state index contributed by atoms with van der Waals surface area (Å²) in [4.78, 5) is 25.0. The smallest absolute Gasteiger partial charge is 0.252 e. The van der Waals surface area contributed by atoms with Crippen LogP contribution in [0.1, 0.15) is 29.8 Å². The lowest BCUT2D eigenvalue weighted by molar-refractivity contribution is -0.125. The minimum atomic E-state index is -1.33. The first-order valence-electron chi connectivity index (χ1n) is 7.69. The van der Waals surface area contributed by atoms with Gasteiger partial charge in [-0.2, -0.15) is 12.6 Å². The summed E-state index contributed by atoms with van der Waals surface area (Å²) in [5, 5.41) is 2.84. The van der Waals surface area contributed by atoms with Gasteiger partial charge in [0.15, 0.2) is 0 Å². The molecule has 0 aliphatic carbocycles. The summed E-state index contributed by atoms with van der Waals surface area (Å²) in [6.45, 7) is 3.77. The standard InChI is InChI=1S/C19H22N2O2S/c1-18(2,15-11-7-4-8-12-15)19(13-24,17(20)23)21-16(22)14-9-5-3-6-10-14/h3-12,24H,13H2,1-2H3,(H2,20,23)(H,21,22). The van der Waals surface area contributed by atoms with Gasteiger partial charge in [0.1, 0.15) is 5.54 Å². The van der Waals surface area contributed by atoms with Gasteiger partial charge in [-0.15, -0.1) is 0 Å². The Balaban J connectivity index is 2.47. The number of thiol groups is 1. The summed E-state index contributed by atoms with van der Waals surface area (Å²) in [6.07, 6.45) is 0. The van der Waals surface area contributed by atoms with Gasteiger partial charge < -0.3 is 11.1 Å². The summed E-state index contributed by atoms with van der Waals surface area (Å²) >= 11 is 4.36. The molecule has 0 saturated carbocycles. The van der Waals surface area contributed by atoms with Gasteiger partial charge in [0.2, 0.25) is 5.91 Å². The zero-order valence-corrected chi connectivity index (χ0v) is 14.7. The van der Waals surface area contributed by atoms with E-state index >= 15 is 0 Å². The zero-order valence-electron chi connectivity index (χ0n) is 13.8. The van der Waals surface area contributed by atoms with Crippen LogP contribution in [0.15, 0.2) is 60.7 Å². The van der Waals surface area contributed by atoms with Gasteiger partial charge in [-0.3, -0.25) is 9.59 Å². The lowest BCUT2D eigenvalue weighted by Crippen LogP contribution is -2.68. The van der Waals surface area contributed by atoms with Crippen LogP contribution < -0.4 is 11.1 Å². The van der Waals surface area contributed by atoms with Gasteiger partial charge in [-0.05, 0) is 17.7 Å². The molecule has 4 nitrogen and oxygen atoms in total. The molecule has 3 N–H and O–H groups in total. The number of rotatable bonds is 6. The molecule has 0 spiro atoms. The average Bonchev–Trinajstić information content (AvgIpc) is 2.60. The molecule has 2 amide bonds. The number of hydrogen-bond donors (Lipinski definition) is 3. The molecule has 2 aromatic rings. The molecule has 0 radical (unpaired) electrons. The molecule has 5 heteroatoms. The van der Waals surface area contributed by atoms with Crippen molar-refractivity contribution >= 4 is 24.4 Å².